The second-order valence-electron chi connectivity index (χ2n) is 19.9. The third-order valence-corrected chi connectivity index (χ3v) is 15.8. The minimum Gasteiger partial charge on any atom is -0.310 e. The molecule has 0 aliphatic heterocycles. The Kier molecular flexibility index (Phi) is 10.9. The van der Waals surface area contributed by atoms with Crippen molar-refractivity contribution < 1.29 is 0 Å². The average molecular weight is 954 g/mol. The molecule has 2 aliphatic rings. The SMILES string of the molecule is c1ccc(-c2ccc(N(c3ccc(-c4ccc5c(c4)-c4ccccc4C5c4ccccc4)cc3)c3ccc4c(c3)C(c3ccccc3)(c3ccccc3)c3c(-c5ccccc5)cc(-c5ccccc5)cc3-4)cc2)cc1. The van der Waals surface area contributed by atoms with Crippen molar-refractivity contribution >= 4 is 17.1 Å². The molecule has 0 radical (unpaired) electrons. The summed E-state index contributed by atoms with van der Waals surface area (Å²) < 4.78 is 0. The number of benzene rings is 12. The van der Waals surface area contributed by atoms with Gasteiger partial charge in [-0.15, -0.1) is 0 Å². The van der Waals surface area contributed by atoms with Gasteiger partial charge in [-0.1, -0.05) is 249 Å². The van der Waals surface area contributed by atoms with E-state index in [1.807, 2.05) is 0 Å². The lowest BCUT2D eigenvalue weighted by Crippen LogP contribution is -2.29. The van der Waals surface area contributed by atoms with Gasteiger partial charge in [0.1, 0.15) is 0 Å². The molecule has 0 spiro atoms. The first-order valence-corrected chi connectivity index (χ1v) is 26.1. The monoisotopic (exact) mass is 953 g/mol. The van der Waals surface area contributed by atoms with Crippen LogP contribution in [0.4, 0.5) is 17.1 Å². The van der Waals surface area contributed by atoms with Gasteiger partial charge >= 0.3 is 0 Å². The summed E-state index contributed by atoms with van der Waals surface area (Å²) in [7, 11) is 0. The summed E-state index contributed by atoms with van der Waals surface area (Å²) in [4.78, 5) is 2.44. The Morgan fingerprint density at radius 1 is 0.253 bits per heavy atom. The van der Waals surface area contributed by atoms with Gasteiger partial charge in [-0.25, -0.2) is 0 Å². The molecular formula is C74H51N. The lowest BCUT2D eigenvalue weighted by atomic mass is 9.66. The Morgan fingerprint density at radius 3 is 1.28 bits per heavy atom. The van der Waals surface area contributed by atoms with E-state index in [1.54, 1.807) is 0 Å². The zero-order valence-corrected chi connectivity index (χ0v) is 41.4. The van der Waals surface area contributed by atoms with Crippen LogP contribution in [-0.2, 0) is 5.41 Å². The van der Waals surface area contributed by atoms with E-state index in [4.69, 9.17) is 0 Å². The summed E-state index contributed by atoms with van der Waals surface area (Å²) in [5, 5.41) is 0. The van der Waals surface area contributed by atoms with Crippen LogP contribution in [0.25, 0.3) is 66.8 Å². The molecule has 12 aromatic rings. The number of fused-ring (bicyclic) bond motifs is 6. The van der Waals surface area contributed by atoms with E-state index >= 15 is 0 Å². The average Bonchev–Trinajstić information content (AvgIpc) is 4.07. The molecule has 0 N–H and O–H groups in total. The van der Waals surface area contributed by atoms with Crippen LogP contribution in [0, 0.1) is 0 Å². The summed E-state index contributed by atoms with van der Waals surface area (Å²) >= 11 is 0. The van der Waals surface area contributed by atoms with Crippen LogP contribution in [0.15, 0.2) is 303 Å². The molecule has 0 fully saturated rings. The molecule has 352 valence electrons. The first kappa shape index (κ1) is 44.2. The third kappa shape index (κ3) is 7.47. The predicted octanol–water partition coefficient (Wildman–Crippen LogP) is 19.3. The lowest BCUT2D eigenvalue weighted by molar-refractivity contribution is 0.770. The van der Waals surface area contributed by atoms with Crippen molar-refractivity contribution in [1.29, 1.82) is 0 Å². The van der Waals surface area contributed by atoms with Crippen LogP contribution < -0.4 is 4.90 Å². The zero-order chi connectivity index (χ0) is 49.7. The van der Waals surface area contributed by atoms with E-state index in [1.165, 1.54) is 106 Å². The molecule has 0 heterocycles. The molecule has 75 heavy (non-hydrogen) atoms. The molecule has 0 amide bonds. The Labute approximate surface area is 440 Å². The highest BCUT2D eigenvalue weighted by Crippen LogP contribution is 2.61. The standard InChI is InChI=1S/C74H51N/c1-7-21-51(22-8-1)53-35-40-61(41-36-53)75(62-42-37-54(38-43-62)57-39-45-67-69(47-57)64-33-19-20-34-66(64)72(67)56-27-13-4-14-28-56)63-44-46-65-70-49-58(52-23-9-2-10-24-52)48-68(55-25-11-3-12-26-55)73(70)74(71(65)50-63,59-29-15-5-16-30-59)60-31-17-6-18-32-60/h1-50,72H. The van der Waals surface area contributed by atoms with Crippen LogP contribution >= 0.6 is 0 Å². The van der Waals surface area contributed by atoms with Crippen molar-refractivity contribution in [2.75, 3.05) is 4.90 Å². The van der Waals surface area contributed by atoms with Crippen LogP contribution in [0.3, 0.4) is 0 Å². The third-order valence-electron chi connectivity index (χ3n) is 15.8. The first-order chi connectivity index (χ1) is 37.2. The highest BCUT2D eigenvalue weighted by Gasteiger charge is 2.48. The molecule has 12 aromatic carbocycles. The second kappa shape index (κ2) is 18.5. The van der Waals surface area contributed by atoms with Crippen LogP contribution in [0.5, 0.6) is 0 Å². The molecule has 1 heteroatoms. The maximum Gasteiger partial charge on any atom is 0.0720 e. The predicted molar refractivity (Wildman–Crippen MR) is 313 cm³/mol. The van der Waals surface area contributed by atoms with E-state index in [0.717, 1.165) is 17.1 Å². The van der Waals surface area contributed by atoms with Gasteiger partial charge in [-0.2, -0.15) is 0 Å². The number of nitrogens with zero attached hydrogens (tertiary/aromatic N) is 1. The minimum absolute atomic E-state index is 0.217. The first-order valence-electron chi connectivity index (χ1n) is 26.1. The van der Waals surface area contributed by atoms with Gasteiger partial charge in [0.25, 0.3) is 0 Å². The maximum atomic E-state index is 2.49. The summed E-state index contributed by atoms with van der Waals surface area (Å²) in [5.74, 6) is 0.217. The molecule has 1 atom stereocenters. The van der Waals surface area contributed by atoms with Gasteiger partial charge in [0.15, 0.2) is 0 Å². The second-order valence-corrected chi connectivity index (χ2v) is 19.9. The van der Waals surface area contributed by atoms with Gasteiger partial charge in [-0.3, -0.25) is 0 Å². The molecule has 1 nitrogen and oxygen atoms in total. The normalized spacial score (nSPS) is 13.6. The van der Waals surface area contributed by atoms with Crippen molar-refractivity contribution in [2.45, 2.75) is 11.3 Å². The molecule has 14 rings (SSSR count). The molecule has 0 aromatic heterocycles. The fourth-order valence-corrected chi connectivity index (χ4v) is 12.5. The Balaban J connectivity index is 0.961. The molecule has 0 saturated heterocycles. The number of hydrogen-bond acceptors (Lipinski definition) is 1. The van der Waals surface area contributed by atoms with E-state index in [2.05, 4.69) is 308 Å². The molecule has 0 saturated carbocycles. The molecule has 1 unspecified atom stereocenters. The Bertz CT molecular complexity index is 3960. The van der Waals surface area contributed by atoms with Crippen molar-refractivity contribution in [1.82, 2.24) is 0 Å². The summed E-state index contributed by atoms with van der Waals surface area (Å²) in [6, 6.07) is 112. The van der Waals surface area contributed by atoms with E-state index in [-0.39, 0.29) is 5.92 Å². The quantitative estimate of drug-likeness (QED) is 0.132. The topological polar surface area (TPSA) is 3.24 Å². The summed E-state index contributed by atoms with van der Waals surface area (Å²) in [6.45, 7) is 0. The summed E-state index contributed by atoms with van der Waals surface area (Å²) in [6.07, 6.45) is 0. The fraction of sp³-hybridized carbons (Fsp3) is 0.0270. The van der Waals surface area contributed by atoms with Crippen LogP contribution in [0.2, 0.25) is 0 Å². The van der Waals surface area contributed by atoms with E-state index < -0.39 is 5.41 Å². The number of anilines is 3. The van der Waals surface area contributed by atoms with E-state index in [9.17, 15) is 0 Å². The highest BCUT2D eigenvalue weighted by molar-refractivity contribution is 5.97. The van der Waals surface area contributed by atoms with Gasteiger partial charge in [0, 0.05) is 23.0 Å². The number of hydrogen-bond donors (Lipinski definition) is 0. The van der Waals surface area contributed by atoms with Crippen LogP contribution in [-0.4, -0.2) is 0 Å². The van der Waals surface area contributed by atoms with Crippen molar-refractivity contribution in [2.24, 2.45) is 0 Å². The fourth-order valence-electron chi connectivity index (χ4n) is 12.5. The van der Waals surface area contributed by atoms with Gasteiger partial charge in [0.2, 0.25) is 0 Å². The highest BCUT2D eigenvalue weighted by atomic mass is 15.1. The van der Waals surface area contributed by atoms with E-state index in [0.29, 0.717) is 0 Å². The van der Waals surface area contributed by atoms with Gasteiger partial charge in [-0.05, 0) is 160 Å². The minimum atomic E-state index is -0.665. The van der Waals surface area contributed by atoms with Crippen molar-refractivity contribution in [3.63, 3.8) is 0 Å². The maximum absolute atomic E-state index is 2.49. The number of rotatable bonds is 10. The summed E-state index contributed by atoms with van der Waals surface area (Å²) in [5.41, 5.74) is 26.4. The molecule has 0 bridgehead atoms. The van der Waals surface area contributed by atoms with Crippen molar-refractivity contribution in [3.8, 4) is 66.8 Å². The van der Waals surface area contributed by atoms with Gasteiger partial charge < -0.3 is 4.90 Å². The zero-order valence-electron chi connectivity index (χ0n) is 41.4. The molecular weight excluding hydrogens is 903 g/mol. The largest absolute Gasteiger partial charge is 0.310 e. The Hall–Kier alpha value is -9.56. The Morgan fingerprint density at radius 2 is 0.680 bits per heavy atom. The molecule has 2 aliphatic carbocycles. The van der Waals surface area contributed by atoms with Crippen LogP contribution in [0.1, 0.15) is 44.9 Å². The van der Waals surface area contributed by atoms with Crippen molar-refractivity contribution in [3.05, 3.63) is 342 Å². The lowest BCUT2D eigenvalue weighted by Gasteiger charge is -2.36. The van der Waals surface area contributed by atoms with Gasteiger partial charge in [0.05, 0.1) is 5.41 Å². The smallest absolute Gasteiger partial charge is 0.0720 e.